The van der Waals surface area contributed by atoms with Crippen LogP contribution in [0.4, 0.5) is 0 Å². The molecule has 112 valence electrons. The smallest absolute Gasteiger partial charge is 0.146 e. The lowest BCUT2D eigenvalue weighted by Gasteiger charge is -2.18. The number of aromatic nitrogens is 3. The lowest BCUT2D eigenvalue weighted by Crippen LogP contribution is -2.22. The van der Waals surface area contributed by atoms with Crippen molar-refractivity contribution in [1.82, 2.24) is 20.1 Å². The van der Waals surface area contributed by atoms with Crippen LogP contribution in [0.3, 0.4) is 0 Å². The van der Waals surface area contributed by atoms with E-state index in [9.17, 15) is 0 Å². The summed E-state index contributed by atoms with van der Waals surface area (Å²) >= 11 is 3.50. The highest BCUT2D eigenvalue weighted by Crippen LogP contribution is 2.33. The Morgan fingerprint density at radius 2 is 2.38 bits per heavy atom. The minimum atomic E-state index is 0.289. The second kappa shape index (κ2) is 6.58. The van der Waals surface area contributed by atoms with Gasteiger partial charge in [-0.1, -0.05) is 22.0 Å². The molecule has 21 heavy (non-hydrogen) atoms. The van der Waals surface area contributed by atoms with Gasteiger partial charge in [-0.15, -0.1) is 10.2 Å². The highest BCUT2D eigenvalue weighted by atomic mass is 79.9. The first-order valence-electron chi connectivity index (χ1n) is 7.30. The molecule has 0 saturated carbocycles. The number of benzene rings is 1. The first-order chi connectivity index (χ1) is 10.3. The van der Waals surface area contributed by atoms with Gasteiger partial charge in [0.05, 0.1) is 13.2 Å². The van der Waals surface area contributed by atoms with Gasteiger partial charge < -0.3 is 14.6 Å². The SMILES string of the molecule is CCn1cnnc1CNC1CCCOc2cc(Br)ccc21. The van der Waals surface area contributed by atoms with Gasteiger partial charge in [-0.05, 0) is 31.9 Å². The maximum atomic E-state index is 5.84. The third-order valence-electron chi connectivity index (χ3n) is 3.79. The van der Waals surface area contributed by atoms with Crippen LogP contribution in [-0.4, -0.2) is 21.4 Å². The fourth-order valence-electron chi connectivity index (χ4n) is 2.65. The maximum absolute atomic E-state index is 5.84. The van der Waals surface area contributed by atoms with Crippen LogP contribution < -0.4 is 10.1 Å². The Hall–Kier alpha value is -1.40. The molecule has 0 bridgehead atoms. The summed E-state index contributed by atoms with van der Waals surface area (Å²) in [5.74, 6) is 1.94. The Balaban J connectivity index is 1.76. The van der Waals surface area contributed by atoms with Crippen molar-refractivity contribution < 1.29 is 4.74 Å². The first kappa shape index (κ1) is 14.5. The van der Waals surface area contributed by atoms with Crippen molar-refractivity contribution >= 4 is 15.9 Å². The van der Waals surface area contributed by atoms with E-state index in [0.29, 0.717) is 6.54 Å². The Bertz CT molecular complexity index is 613. The minimum Gasteiger partial charge on any atom is -0.493 e. The van der Waals surface area contributed by atoms with Crippen LogP contribution in [0, 0.1) is 0 Å². The molecule has 1 unspecified atom stereocenters. The van der Waals surface area contributed by atoms with E-state index in [0.717, 1.165) is 42.0 Å². The molecule has 2 heterocycles. The Kier molecular flexibility index (Phi) is 4.55. The standard InChI is InChI=1S/C15H19BrN4O/c1-2-20-10-18-19-15(20)9-17-13-4-3-7-21-14-8-11(16)5-6-12(13)14/h5-6,8,10,13,17H,2-4,7,9H2,1H3. The molecule has 0 amide bonds. The van der Waals surface area contributed by atoms with E-state index in [1.807, 2.05) is 6.07 Å². The summed E-state index contributed by atoms with van der Waals surface area (Å²) in [7, 11) is 0. The fraction of sp³-hybridized carbons (Fsp3) is 0.467. The molecule has 5 nitrogen and oxygen atoms in total. The van der Waals surface area contributed by atoms with Crippen LogP contribution in [0.25, 0.3) is 0 Å². The van der Waals surface area contributed by atoms with Crippen molar-refractivity contribution in [3.05, 3.63) is 40.4 Å². The molecule has 1 aliphatic heterocycles. The summed E-state index contributed by atoms with van der Waals surface area (Å²) in [4.78, 5) is 0. The van der Waals surface area contributed by atoms with Gasteiger partial charge in [-0.2, -0.15) is 0 Å². The Morgan fingerprint density at radius 1 is 1.48 bits per heavy atom. The van der Waals surface area contributed by atoms with Gasteiger partial charge in [-0.25, -0.2) is 0 Å². The zero-order valence-corrected chi connectivity index (χ0v) is 13.6. The highest BCUT2D eigenvalue weighted by Gasteiger charge is 2.20. The quantitative estimate of drug-likeness (QED) is 0.920. The second-order valence-corrected chi connectivity index (χ2v) is 6.06. The summed E-state index contributed by atoms with van der Waals surface area (Å²) in [6.45, 7) is 4.47. The van der Waals surface area contributed by atoms with Crippen molar-refractivity contribution in [2.75, 3.05) is 6.61 Å². The second-order valence-electron chi connectivity index (χ2n) is 5.14. The summed E-state index contributed by atoms with van der Waals surface area (Å²) in [6, 6.07) is 6.53. The number of hydrogen-bond acceptors (Lipinski definition) is 4. The molecule has 1 aromatic heterocycles. The molecule has 0 aliphatic carbocycles. The van der Waals surface area contributed by atoms with E-state index in [1.54, 1.807) is 6.33 Å². The molecular weight excluding hydrogens is 332 g/mol. The van der Waals surface area contributed by atoms with Crippen LogP contribution in [0.2, 0.25) is 0 Å². The number of nitrogens with one attached hydrogen (secondary N) is 1. The molecule has 0 fully saturated rings. The monoisotopic (exact) mass is 350 g/mol. The van der Waals surface area contributed by atoms with Gasteiger partial charge in [0.25, 0.3) is 0 Å². The predicted octanol–water partition coefficient (Wildman–Crippen LogP) is 3.06. The molecule has 3 rings (SSSR count). The Labute approximate surface area is 132 Å². The summed E-state index contributed by atoms with van der Waals surface area (Å²) in [6.07, 6.45) is 3.89. The molecule has 1 N–H and O–H groups in total. The molecule has 0 radical (unpaired) electrons. The molecule has 1 aromatic carbocycles. The van der Waals surface area contributed by atoms with E-state index in [1.165, 1.54) is 5.56 Å². The number of rotatable bonds is 4. The van der Waals surface area contributed by atoms with E-state index in [2.05, 4.69) is 55.1 Å². The number of aryl methyl sites for hydroxylation is 1. The topological polar surface area (TPSA) is 52.0 Å². The van der Waals surface area contributed by atoms with Gasteiger partial charge in [0.1, 0.15) is 17.9 Å². The third kappa shape index (κ3) is 3.27. The number of halogens is 1. The lowest BCUT2D eigenvalue weighted by molar-refractivity contribution is 0.315. The van der Waals surface area contributed by atoms with Gasteiger partial charge in [0, 0.05) is 22.6 Å². The highest BCUT2D eigenvalue weighted by molar-refractivity contribution is 9.10. The van der Waals surface area contributed by atoms with Gasteiger partial charge in [0.2, 0.25) is 0 Å². The van der Waals surface area contributed by atoms with Crippen molar-refractivity contribution in [2.24, 2.45) is 0 Å². The largest absolute Gasteiger partial charge is 0.493 e. The molecule has 1 atom stereocenters. The Morgan fingerprint density at radius 3 is 3.24 bits per heavy atom. The number of hydrogen-bond donors (Lipinski definition) is 1. The summed E-state index contributed by atoms with van der Waals surface area (Å²) in [5.41, 5.74) is 1.22. The summed E-state index contributed by atoms with van der Waals surface area (Å²) < 4.78 is 8.95. The molecule has 6 heteroatoms. The average molecular weight is 351 g/mol. The van der Waals surface area contributed by atoms with Crippen molar-refractivity contribution in [3.8, 4) is 5.75 Å². The molecular formula is C15H19BrN4O. The maximum Gasteiger partial charge on any atom is 0.146 e. The molecule has 1 aliphatic rings. The van der Waals surface area contributed by atoms with Crippen LogP contribution in [0.15, 0.2) is 29.0 Å². The predicted molar refractivity (Wildman–Crippen MR) is 84.1 cm³/mol. The van der Waals surface area contributed by atoms with Crippen molar-refractivity contribution in [2.45, 2.75) is 38.9 Å². The van der Waals surface area contributed by atoms with E-state index >= 15 is 0 Å². The average Bonchev–Trinajstić information content (AvgIpc) is 2.85. The zero-order valence-electron chi connectivity index (χ0n) is 12.1. The van der Waals surface area contributed by atoms with Crippen molar-refractivity contribution in [3.63, 3.8) is 0 Å². The zero-order chi connectivity index (χ0) is 14.7. The minimum absolute atomic E-state index is 0.289. The molecule has 0 saturated heterocycles. The van der Waals surface area contributed by atoms with E-state index < -0.39 is 0 Å². The number of fused-ring (bicyclic) bond motifs is 1. The summed E-state index contributed by atoms with van der Waals surface area (Å²) in [5, 5.41) is 11.7. The van der Waals surface area contributed by atoms with Crippen LogP contribution in [-0.2, 0) is 13.1 Å². The third-order valence-corrected chi connectivity index (χ3v) is 4.28. The van der Waals surface area contributed by atoms with Crippen molar-refractivity contribution in [1.29, 1.82) is 0 Å². The van der Waals surface area contributed by atoms with Crippen LogP contribution >= 0.6 is 15.9 Å². The normalized spacial score (nSPS) is 17.9. The van der Waals surface area contributed by atoms with Gasteiger partial charge >= 0.3 is 0 Å². The number of nitrogens with zero attached hydrogens (tertiary/aromatic N) is 3. The molecule has 2 aromatic rings. The lowest BCUT2D eigenvalue weighted by atomic mass is 10.0. The first-order valence-corrected chi connectivity index (χ1v) is 8.09. The van der Waals surface area contributed by atoms with Gasteiger partial charge in [0.15, 0.2) is 0 Å². The van der Waals surface area contributed by atoms with E-state index in [4.69, 9.17) is 4.74 Å². The van der Waals surface area contributed by atoms with Crippen LogP contribution in [0.5, 0.6) is 5.75 Å². The number of ether oxygens (including phenoxy) is 1. The van der Waals surface area contributed by atoms with Gasteiger partial charge in [-0.3, -0.25) is 0 Å². The van der Waals surface area contributed by atoms with E-state index in [-0.39, 0.29) is 6.04 Å². The van der Waals surface area contributed by atoms with Crippen LogP contribution in [0.1, 0.15) is 37.2 Å². The molecule has 0 spiro atoms. The fourth-order valence-corrected chi connectivity index (χ4v) is 2.99.